The lowest BCUT2D eigenvalue weighted by molar-refractivity contribution is -0.682. The van der Waals surface area contributed by atoms with Crippen molar-refractivity contribution in [3.63, 3.8) is 0 Å². The summed E-state index contributed by atoms with van der Waals surface area (Å²) in [5, 5.41) is 5.39. The Morgan fingerprint density at radius 1 is 1.27 bits per heavy atom. The molecule has 3 nitrogen and oxygen atoms in total. The third kappa shape index (κ3) is 4.70. The van der Waals surface area contributed by atoms with Gasteiger partial charge in [0.2, 0.25) is 0 Å². The van der Waals surface area contributed by atoms with Gasteiger partial charge in [-0.1, -0.05) is 35.3 Å². The molecule has 0 aliphatic carbocycles. The molecule has 22 heavy (non-hydrogen) atoms. The van der Waals surface area contributed by atoms with Crippen molar-refractivity contribution < 1.29 is 14.5 Å². The van der Waals surface area contributed by atoms with Crippen LogP contribution < -0.4 is 10.6 Å². The molecule has 0 aromatic heterocycles. The van der Waals surface area contributed by atoms with E-state index in [0.717, 1.165) is 11.6 Å². The van der Waals surface area contributed by atoms with Crippen molar-refractivity contribution in [3.05, 3.63) is 63.9 Å². The molecule has 0 fully saturated rings. The molecule has 3 N–H and O–H groups in total. The highest BCUT2D eigenvalue weighted by Gasteiger charge is 2.13. The molecule has 0 aliphatic rings. The van der Waals surface area contributed by atoms with E-state index in [9.17, 15) is 9.18 Å². The molecule has 0 unspecified atom stereocenters. The van der Waals surface area contributed by atoms with Gasteiger partial charge in [0, 0.05) is 10.6 Å². The molecule has 2 rings (SSSR count). The fourth-order valence-corrected chi connectivity index (χ4v) is 2.42. The number of quaternary nitrogens is 1. The van der Waals surface area contributed by atoms with E-state index in [1.54, 1.807) is 6.07 Å². The first kappa shape index (κ1) is 16.7. The first-order chi connectivity index (χ1) is 10.5. The third-order valence-corrected chi connectivity index (χ3v) is 3.78. The quantitative estimate of drug-likeness (QED) is 0.860. The van der Waals surface area contributed by atoms with Gasteiger partial charge in [-0.05, 0) is 37.3 Å². The lowest BCUT2D eigenvalue weighted by Crippen LogP contribution is -2.86. The molecule has 0 radical (unpaired) electrons. The number of hydrogen-bond acceptors (Lipinski definition) is 1. The predicted molar refractivity (Wildman–Crippen MR) is 86.7 cm³/mol. The Morgan fingerprint density at radius 3 is 2.73 bits per heavy atom. The van der Waals surface area contributed by atoms with E-state index in [2.05, 4.69) is 5.32 Å². The van der Waals surface area contributed by atoms with Gasteiger partial charge in [-0.15, -0.1) is 0 Å². The van der Waals surface area contributed by atoms with Crippen LogP contribution >= 0.6 is 23.2 Å². The smallest absolute Gasteiger partial charge is 0.279 e. The molecule has 2 aromatic carbocycles. The summed E-state index contributed by atoms with van der Waals surface area (Å²) >= 11 is 11.8. The number of benzene rings is 2. The Balaban J connectivity index is 1.90. The fraction of sp³-hybridized carbons (Fsp3) is 0.188. The average molecular weight is 342 g/mol. The van der Waals surface area contributed by atoms with E-state index in [-0.39, 0.29) is 23.5 Å². The van der Waals surface area contributed by atoms with E-state index in [0.29, 0.717) is 10.7 Å². The second kappa shape index (κ2) is 7.58. The second-order valence-corrected chi connectivity index (χ2v) is 5.80. The maximum Gasteiger partial charge on any atom is 0.279 e. The largest absolute Gasteiger partial charge is 0.333 e. The average Bonchev–Trinajstić information content (AvgIpc) is 2.47. The maximum absolute atomic E-state index is 12.9. The zero-order valence-electron chi connectivity index (χ0n) is 11.9. The number of nitrogens with one attached hydrogen (secondary N) is 1. The standard InChI is InChI=1S/C16H15Cl2FN2O/c1-10(11-3-2-4-12(17)7-11)20-9-16(22)21-15-6-5-13(19)8-14(15)18/h2-8,10,20H,9H2,1H3,(H,21,22)/p+1/t10-/m0/s1. The van der Waals surface area contributed by atoms with Gasteiger partial charge in [0.1, 0.15) is 11.9 Å². The van der Waals surface area contributed by atoms with Crippen LogP contribution in [0.25, 0.3) is 0 Å². The van der Waals surface area contributed by atoms with Gasteiger partial charge in [0.05, 0.1) is 10.7 Å². The fourth-order valence-electron chi connectivity index (χ4n) is 2.00. The number of hydrogen-bond donors (Lipinski definition) is 2. The number of anilines is 1. The Bertz CT molecular complexity index is 679. The van der Waals surface area contributed by atoms with Crippen LogP contribution in [0.2, 0.25) is 10.0 Å². The molecule has 1 amide bonds. The Morgan fingerprint density at radius 2 is 2.05 bits per heavy atom. The van der Waals surface area contributed by atoms with E-state index < -0.39 is 5.82 Å². The summed E-state index contributed by atoms with van der Waals surface area (Å²) in [6, 6.07) is 11.5. The molecule has 6 heteroatoms. The summed E-state index contributed by atoms with van der Waals surface area (Å²) in [5.41, 5.74) is 1.44. The zero-order valence-corrected chi connectivity index (χ0v) is 13.5. The van der Waals surface area contributed by atoms with Gasteiger partial charge >= 0.3 is 0 Å². The lowest BCUT2D eigenvalue weighted by atomic mass is 10.1. The van der Waals surface area contributed by atoms with Gasteiger partial charge in [0.25, 0.3) is 5.91 Å². The summed E-state index contributed by atoms with van der Waals surface area (Å²) in [6.07, 6.45) is 0. The van der Waals surface area contributed by atoms with E-state index in [1.165, 1.54) is 12.1 Å². The molecule has 0 saturated carbocycles. The second-order valence-electron chi connectivity index (χ2n) is 4.96. The van der Waals surface area contributed by atoms with Crippen LogP contribution in [0.15, 0.2) is 42.5 Å². The molecule has 2 aromatic rings. The SMILES string of the molecule is C[C@H]([NH2+]CC(=O)Nc1ccc(F)cc1Cl)c1cccc(Cl)c1. The molecule has 0 spiro atoms. The van der Waals surface area contributed by atoms with Crippen LogP contribution in [-0.4, -0.2) is 12.5 Å². The molecule has 0 saturated heterocycles. The molecule has 1 atom stereocenters. The van der Waals surface area contributed by atoms with Crippen molar-refractivity contribution in [2.45, 2.75) is 13.0 Å². The van der Waals surface area contributed by atoms with E-state index in [4.69, 9.17) is 23.2 Å². The Hall–Kier alpha value is -1.62. The minimum Gasteiger partial charge on any atom is -0.333 e. The van der Waals surface area contributed by atoms with Crippen LogP contribution in [0.4, 0.5) is 10.1 Å². The number of halogens is 3. The molecule has 116 valence electrons. The molecule has 0 aliphatic heterocycles. The summed E-state index contributed by atoms with van der Waals surface area (Å²) in [5.74, 6) is -0.647. The number of carbonyl (C=O) groups excluding carboxylic acids is 1. The molecular formula is C16H16Cl2FN2O+. The Labute approximate surface area is 138 Å². The van der Waals surface area contributed by atoms with Crippen molar-refractivity contribution in [1.82, 2.24) is 0 Å². The maximum atomic E-state index is 12.9. The van der Waals surface area contributed by atoms with Crippen LogP contribution in [-0.2, 0) is 4.79 Å². The summed E-state index contributed by atoms with van der Waals surface area (Å²) < 4.78 is 12.9. The summed E-state index contributed by atoms with van der Waals surface area (Å²) in [7, 11) is 0. The minimum atomic E-state index is -0.441. The lowest BCUT2D eigenvalue weighted by Gasteiger charge is -2.12. The van der Waals surface area contributed by atoms with Crippen molar-refractivity contribution in [2.24, 2.45) is 0 Å². The van der Waals surface area contributed by atoms with Crippen LogP contribution in [0, 0.1) is 5.82 Å². The minimum absolute atomic E-state index is 0.0909. The number of amides is 1. The molecule has 0 bridgehead atoms. The first-order valence-corrected chi connectivity index (χ1v) is 7.55. The zero-order chi connectivity index (χ0) is 16.1. The summed E-state index contributed by atoms with van der Waals surface area (Å²) in [6.45, 7) is 2.21. The van der Waals surface area contributed by atoms with E-state index >= 15 is 0 Å². The van der Waals surface area contributed by atoms with Gasteiger partial charge in [-0.2, -0.15) is 0 Å². The summed E-state index contributed by atoms with van der Waals surface area (Å²) in [4.78, 5) is 11.9. The normalized spacial score (nSPS) is 12.0. The van der Waals surface area contributed by atoms with Gasteiger partial charge < -0.3 is 10.6 Å². The van der Waals surface area contributed by atoms with Crippen molar-refractivity contribution in [3.8, 4) is 0 Å². The number of rotatable bonds is 5. The molecule has 0 heterocycles. The van der Waals surface area contributed by atoms with Crippen molar-refractivity contribution in [2.75, 3.05) is 11.9 Å². The highest BCUT2D eigenvalue weighted by atomic mass is 35.5. The van der Waals surface area contributed by atoms with Crippen LogP contribution in [0.3, 0.4) is 0 Å². The predicted octanol–water partition coefficient (Wildman–Crippen LogP) is 3.40. The van der Waals surface area contributed by atoms with Crippen LogP contribution in [0.1, 0.15) is 18.5 Å². The highest BCUT2D eigenvalue weighted by Crippen LogP contribution is 2.22. The highest BCUT2D eigenvalue weighted by molar-refractivity contribution is 6.33. The first-order valence-electron chi connectivity index (χ1n) is 6.79. The topological polar surface area (TPSA) is 45.7 Å². The number of carbonyl (C=O) groups is 1. The van der Waals surface area contributed by atoms with Gasteiger partial charge in [0.15, 0.2) is 6.54 Å². The van der Waals surface area contributed by atoms with Gasteiger partial charge in [-0.25, -0.2) is 4.39 Å². The van der Waals surface area contributed by atoms with E-state index in [1.807, 2.05) is 30.4 Å². The molecular weight excluding hydrogens is 326 g/mol. The van der Waals surface area contributed by atoms with Crippen LogP contribution in [0.5, 0.6) is 0 Å². The Kier molecular flexibility index (Phi) is 5.77. The monoisotopic (exact) mass is 341 g/mol. The van der Waals surface area contributed by atoms with Crippen molar-refractivity contribution >= 4 is 34.8 Å². The van der Waals surface area contributed by atoms with Crippen molar-refractivity contribution in [1.29, 1.82) is 0 Å². The number of nitrogens with two attached hydrogens (primary N) is 1. The third-order valence-electron chi connectivity index (χ3n) is 3.24. The van der Waals surface area contributed by atoms with Gasteiger partial charge in [-0.3, -0.25) is 4.79 Å².